The summed E-state index contributed by atoms with van der Waals surface area (Å²) in [6.45, 7) is 4.00. The van der Waals surface area contributed by atoms with Crippen molar-refractivity contribution in [1.82, 2.24) is 0 Å². The topological polar surface area (TPSA) is 47.6 Å². The van der Waals surface area contributed by atoms with Crippen molar-refractivity contribution in [3.63, 3.8) is 0 Å². The second kappa shape index (κ2) is 8.79. The molecule has 0 radical (unpaired) electrons. The van der Waals surface area contributed by atoms with Crippen LogP contribution < -0.4 is 10.1 Å². The molecule has 1 N–H and O–H groups in total. The largest absolute Gasteiger partial charge is 0.497 e. The number of benzene rings is 2. The van der Waals surface area contributed by atoms with E-state index in [9.17, 15) is 4.79 Å². The molecule has 4 heteroatoms. The molecule has 0 heterocycles. The van der Waals surface area contributed by atoms with Crippen molar-refractivity contribution in [2.45, 2.75) is 25.8 Å². The molecule has 0 aromatic heterocycles. The summed E-state index contributed by atoms with van der Waals surface area (Å²) in [6, 6.07) is 16.9. The van der Waals surface area contributed by atoms with Crippen LogP contribution in [-0.2, 0) is 9.53 Å². The van der Waals surface area contributed by atoms with Gasteiger partial charge in [-0.25, -0.2) is 4.79 Å². The lowest BCUT2D eigenvalue weighted by atomic mass is 9.95. The van der Waals surface area contributed by atoms with Gasteiger partial charge in [-0.15, -0.1) is 0 Å². The standard InChI is InChI=1S/C21H23NO3/c1-4-21(20(23)25-5-2,16-15-17-9-7-6-8-10-17)22-18-11-13-19(24-3)14-12-18/h6-14,22H,4-5H2,1-3H3. The molecular weight excluding hydrogens is 314 g/mol. The Morgan fingerprint density at radius 1 is 1.08 bits per heavy atom. The predicted octanol–water partition coefficient (Wildman–Crippen LogP) is 3.87. The van der Waals surface area contributed by atoms with E-state index in [2.05, 4.69) is 17.2 Å². The van der Waals surface area contributed by atoms with Crippen molar-refractivity contribution in [3.8, 4) is 17.6 Å². The highest BCUT2D eigenvalue weighted by Crippen LogP contribution is 2.23. The molecule has 2 rings (SSSR count). The summed E-state index contributed by atoms with van der Waals surface area (Å²) in [5, 5.41) is 3.24. The lowest BCUT2D eigenvalue weighted by molar-refractivity contribution is -0.146. The number of ether oxygens (including phenoxy) is 2. The monoisotopic (exact) mass is 337 g/mol. The van der Waals surface area contributed by atoms with E-state index in [1.54, 1.807) is 14.0 Å². The summed E-state index contributed by atoms with van der Waals surface area (Å²) < 4.78 is 10.4. The molecule has 0 aliphatic carbocycles. The Morgan fingerprint density at radius 3 is 2.32 bits per heavy atom. The molecule has 0 aliphatic rings. The Balaban J connectivity index is 2.36. The van der Waals surface area contributed by atoms with Gasteiger partial charge in [0, 0.05) is 11.3 Å². The summed E-state index contributed by atoms with van der Waals surface area (Å²) in [5.41, 5.74) is 0.514. The van der Waals surface area contributed by atoms with Crippen LogP contribution in [0.3, 0.4) is 0 Å². The first kappa shape index (κ1) is 18.4. The lowest BCUT2D eigenvalue weighted by Gasteiger charge is -2.27. The molecule has 0 saturated carbocycles. The van der Waals surface area contributed by atoms with E-state index in [1.807, 2.05) is 61.5 Å². The molecule has 1 atom stereocenters. The molecule has 0 bridgehead atoms. The average molecular weight is 337 g/mol. The van der Waals surface area contributed by atoms with Gasteiger partial charge in [-0.1, -0.05) is 37.0 Å². The predicted molar refractivity (Wildman–Crippen MR) is 99.6 cm³/mol. The third kappa shape index (κ3) is 4.77. The maximum atomic E-state index is 12.6. The molecule has 25 heavy (non-hydrogen) atoms. The number of nitrogens with one attached hydrogen (secondary N) is 1. The fourth-order valence-corrected chi connectivity index (χ4v) is 2.33. The van der Waals surface area contributed by atoms with E-state index in [0.717, 1.165) is 17.0 Å². The zero-order valence-corrected chi connectivity index (χ0v) is 14.8. The highest BCUT2D eigenvalue weighted by Gasteiger charge is 2.36. The summed E-state index contributed by atoms with van der Waals surface area (Å²) in [6.07, 6.45) is 0.470. The molecule has 130 valence electrons. The number of carbonyl (C=O) groups excluding carboxylic acids is 1. The second-order valence-corrected chi connectivity index (χ2v) is 5.45. The van der Waals surface area contributed by atoms with Crippen molar-refractivity contribution in [3.05, 3.63) is 60.2 Å². The minimum Gasteiger partial charge on any atom is -0.497 e. The van der Waals surface area contributed by atoms with E-state index in [0.29, 0.717) is 13.0 Å². The number of methoxy groups -OCH3 is 1. The van der Waals surface area contributed by atoms with Gasteiger partial charge in [-0.2, -0.15) is 0 Å². The van der Waals surface area contributed by atoms with Crippen LogP contribution in [0.15, 0.2) is 54.6 Å². The summed E-state index contributed by atoms with van der Waals surface area (Å²) in [4.78, 5) is 12.6. The van der Waals surface area contributed by atoms with Crippen molar-refractivity contribution in [1.29, 1.82) is 0 Å². The van der Waals surface area contributed by atoms with Crippen molar-refractivity contribution in [2.75, 3.05) is 19.0 Å². The highest BCUT2D eigenvalue weighted by molar-refractivity contribution is 5.89. The first-order chi connectivity index (χ1) is 12.1. The smallest absolute Gasteiger partial charge is 0.344 e. The fraction of sp³-hybridized carbons (Fsp3) is 0.286. The van der Waals surface area contributed by atoms with Crippen LogP contribution in [0, 0.1) is 11.8 Å². The van der Waals surface area contributed by atoms with Crippen LogP contribution in [0.1, 0.15) is 25.8 Å². The van der Waals surface area contributed by atoms with Crippen LogP contribution in [0.2, 0.25) is 0 Å². The maximum Gasteiger partial charge on any atom is 0.344 e. The lowest BCUT2D eigenvalue weighted by Crippen LogP contribution is -2.46. The van der Waals surface area contributed by atoms with Gasteiger partial charge in [0.25, 0.3) is 0 Å². The van der Waals surface area contributed by atoms with E-state index < -0.39 is 5.54 Å². The number of anilines is 1. The van der Waals surface area contributed by atoms with E-state index in [-0.39, 0.29) is 5.97 Å². The number of carbonyl (C=O) groups is 1. The number of esters is 1. The maximum absolute atomic E-state index is 12.6. The first-order valence-corrected chi connectivity index (χ1v) is 8.31. The molecule has 0 spiro atoms. The molecule has 2 aromatic carbocycles. The van der Waals surface area contributed by atoms with Crippen LogP contribution in [0.4, 0.5) is 5.69 Å². The molecule has 0 saturated heterocycles. The first-order valence-electron chi connectivity index (χ1n) is 8.31. The minimum absolute atomic E-state index is 0.303. The highest BCUT2D eigenvalue weighted by atomic mass is 16.5. The summed E-state index contributed by atoms with van der Waals surface area (Å²) in [7, 11) is 1.61. The summed E-state index contributed by atoms with van der Waals surface area (Å²) in [5.74, 6) is 6.55. The van der Waals surface area contributed by atoms with Crippen LogP contribution in [-0.4, -0.2) is 25.2 Å². The third-order valence-electron chi connectivity index (χ3n) is 3.80. The van der Waals surface area contributed by atoms with E-state index in [4.69, 9.17) is 9.47 Å². The summed E-state index contributed by atoms with van der Waals surface area (Å²) >= 11 is 0. The zero-order chi connectivity index (χ0) is 18.1. The molecule has 0 fully saturated rings. The minimum atomic E-state index is -1.11. The van der Waals surface area contributed by atoms with Gasteiger partial charge < -0.3 is 14.8 Å². The van der Waals surface area contributed by atoms with Gasteiger partial charge in [0.15, 0.2) is 5.54 Å². The van der Waals surface area contributed by atoms with Crippen molar-refractivity contribution in [2.24, 2.45) is 0 Å². The second-order valence-electron chi connectivity index (χ2n) is 5.45. The molecule has 0 amide bonds. The molecule has 2 aromatic rings. The van der Waals surface area contributed by atoms with Crippen molar-refractivity contribution < 1.29 is 14.3 Å². The van der Waals surface area contributed by atoms with Gasteiger partial charge in [0.1, 0.15) is 5.75 Å². The number of hydrogen-bond acceptors (Lipinski definition) is 4. The van der Waals surface area contributed by atoms with Gasteiger partial charge in [0.05, 0.1) is 13.7 Å². The van der Waals surface area contributed by atoms with E-state index >= 15 is 0 Å². The Bertz CT molecular complexity index is 744. The van der Waals surface area contributed by atoms with E-state index in [1.165, 1.54) is 0 Å². The molecular formula is C21H23NO3. The average Bonchev–Trinajstić information content (AvgIpc) is 2.66. The van der Waals surface area contributed by atoms with Gasteiger partial charge in [-0.3, -0.25) is 0 Å². The van der Waals surface area contributed by atoms with Crippen LogP contribution in [0.5, 0.6) is 5.75 Å². The van der Waals surface area contributed by atoms with Crippen LogP contribution in [0.25, 0.3) is 0 Å². The van der Waals surface area contributed by atoms with Crippen LogP contribution >= 0.6 is 0 Å². The van der Waals surface area contributed by atoms with Gasteiger partial charge in [0.2, 0.25) is 0 Å². The van der Waals surface area contributed by atoms with Gasteiger partial charge in [-0.05, 0) is 49.7 Å². The quantitative estimate of drug-likeness (QED) is 0.642. The number of rotatable bonds is 6. The third-order valence-corrected chi connectivity index (χ3v) is 3.80. The van der Waals surface area contributed by atoms with Crippen molar-refractivity contribution >= 4 is 11.7 Å². The Labute approximate surface area is 149 Å². The number of hydrogen-bond donors (Lipinski definition) is 1. The normalized spacial score (nSPS) is 12.3. The fourth-order valence-electron chi connectivity index (χ4n) is 2.33. The Kier molecular flexibility index (Phi) is 6.47. The molecule has 4 nitrogen and oxygen atoms in total. The Hall–Kier alpha value is -2.93. The SMILES string of the molecule is CCOC(=O)C(C#Cc1ccccc1)(CC)Nc1ccc(OC)cc1. The Morgan fingerprint density at radius 2 is 1.76 bits per heavy atom. The molecule has 1 unspecified atom stereocenters. The molecule has 0 aliphatic heterocycles. The zero-order valence-electron chi connectivity index (χ0n) is 14.8. The van der Waals surface area contributed by atoms with Gasteiger partial charge >= 0.3 is 5.97 Å².